The van der Waals surface area contributed by atoms with Gasteiger partial charge in [-0.05, 0) is 113 Å². The summed E-state index contributed by atoms with van der Waals surface area (Å²) in [6, 6.07) is 8.87. The summed E-state index contributed by atoms with van der Waals surface area (Å²) in [7, 11) is 1.73. The number of aliphatic hydroxyl groups excluding tert-OH is 1. The highest BCUT2D eigenvalue weighted by molar-refractivity contribution is 5.94. The Labute approximate surface area is 295 Å². The van der Waals surface area contributed by atoms with Gasteiger partial charge in [0.15, 0.2) is 0 Å². The van der Waals surface area contributed by atoms with E-state index in [1.807, 2.05) is 28.0 Å². The van der Waals surface area contributed by atoms with E-state index in [-0.39, 0.29) is 53.4 Å². The number of carbonyl (C=O) groups excluding carboxylic acids is 2. The van der Waals surface area contributed by atoms with Gasteiger partial charge in [-0.3, -0.25) is 14.4 Å². The van der Waals surface area contributed by atoms with E-state index >= 15 is 0 Å². The number of carbonyl (C=O) groups is 2. The van der Waals surface area contributed by atoms with Crippen LogP contribution < -0.4 is 9.64 Å². The van der Waals surface area contributed by atoms with Crippen molar-refractivity contribution in [3.8, 4) is 17.0 Å². The third kappa shape index (κ3) is 6.73. The SMILES string of the molecule is COc1ccc(C23CCC(CN(C(=O)C4CCC(OC(=O)N5CC(CO)C5)CC4)c4cc(-c5cnn(C(C)C)c5)ncn4)(CC2)CC3)cc1C. The minimum Gasteiger partial charge on any atom is -0.496 e. The molecule has 4 aliphatic carbocycles. The topological polar surface area (TPSA) is 123 Å². The number of rotatable bonds is 10. The van der Waals surface area contributed by atoms with Gasteiger partial charge in [0, 0.05) is 61.9 Å². The average molecular weight is 685 g/mol. The molecule has 268 valence electrons. The number of anilines is 1. The van der Waals surface area contributed by atoms with Crippen LogP contribution in [0.4, 0.5) is 10.6 Å². The van der Waals surface area contributed by atoms with Crippen molar-refractivity contribution in [3.05, 3.63) is 54.1 Å². The molecular weight excluding hydrogens is 632 g/mol. The van der Waals surface area contributed by atoms with Gasteiger partial charge in [0.05, 0.1) is 19.0 Å². The second-order valence-corrected chi connectivity index (χ2v) is 15.8. The second kappa shape index (κ2) is 14.0. The summed E-state index contributed by atoms with van der Waals surface area (Å²) in [5.41, 5.74) is 4.46. The first-order chi connectivity index (χ1) is 24.1. The minimum atomic E-state index is -0.310. The lowest BCUT2D eigenvalue weighted by molar-refractivity contribution is -0.124. The largest absolute Gasteiger partial charge is 0.496 e. The molecule has 5 fully saturated rings. The number of benzene rings is 1. The molecule has 1 aromatic carbocycles. The van der Waals surface area contributed by atoms with Crippen molar-refractivity contribution in [2.45, 2.75) is 103 Å². The zero-order valence-electron chi connectivity index (χ0n) is 30.0. The third-order valence-corrected chi connectivity index (χ3v) is 12.3. The first-order valence-corrected chi connectivity index (χ1v) is 18.5. The smallest absolute Gasteiger partial charge is 0.410 e. The summed E-state index contributed by atoms with van der Waals surface area (Å²) in [6.45, 7) is 8.12. The Morgan fingerprint density at radius 1 is 1.02 bits per heavy atom. The number of aryl methyl sites for hydroxylation is 1. The Morgan fingerprint density at radius 3 is 2.36 bits per heavy atom. The van der Waals surface area contributed by atoms with E-state index in [1.165, 1.54) is 11.1 Å². The van der Waals surface area contributed by atoms with Gasteiger partial charge in [-0.1, -0.05) is 12.1 Å². The molecule has 1 N–H and O–H groups in total. The number of aromatic nitrogens is 4. The maximum Gasteiger partial charge on any atom is 0.410 e. The highest BCUT2D eigenvalue weighted by atomic mass is 16.6. The molecule has 5 aliphatic rings. The number of fused-ring (bicyclic) bond motifs is 3. The van der Waals surface area contributed by atoms with E-state index in [9.17, 15) is 14.7 Å². The van der Waals surface area contributed by atoms with Gasteiger partial charge in [-0.25, -0.2) is 14.8 Å². The van der Waals surface area contributed by atoms with E-state index in [0.717, 1.165) is 55.5 Å². The molecule has 1 saturated heterocycles. The molecule has 3 heterocycles. The Balaban J connectivity index is 1.08. The van der Waals surface area contributed by atoms with Crippen molar-refractivity contribution < 1.29 is 24.2 Å². The number of ether oxygens (including phenoxy) is 2. The van der Waals surface area contributed by atoms with Gasteiger partial charge in [-0.2, -0.15) is 5.10 Å². The van der Waals surface area contributed by atoms with Crippen molar-refractivity contribution in [2.24, 2.45) is 17.3 Å². The van der Waals surface area contributed by atoms with Crippen molar-refractivity contribution in [1.82, 2.24) is 24.6 Å². The highest BCUT2D eigenvalue weighted by Gasteiger charge is 2.51. The Morgan fingerprint density at radius 2 is 1.74 bits per heavy atom. The molecule has 2 amide bonds. The molecule has 1 aliphatic heterocycles. The first-order valence-electron chi connectivity index (χ1n) is 18.5. The predicted octanol–water partition coefficient (Wildman–Crippen LogP) is 6.48. The van der Waals surface area contributed by atoms with Gasteiger partial charge in [0.2, 0.25) is 5.91 Å². The molecule has 11 heteroatoms. The van der Waals surface area contributed by atoms with E-state index < -0.39 is 0 Å². The maximum absolute atomic E-state index is 14.6. The van der Waals surface area contributed by atoms with Crippen molar-refractivity contribution in [2.75, 3.05) is 38.3 Å². The molecule has 8 rings (SSSR count). The Kier molecular flexibility index (Phi) is 9.62. The van der Waals surface area contributed by atoms with Gasteiger partial charge < -0.3 is 19.5 Å². The number of hydrogen-bond acceptors (Lipinski definition) is 8. The van der Waals surface area contributed by atoms with Crippen LogP contribution in [-0.2, 0) is 14.9 Å². The van der Waals surface area contributed by atoms with Crippen LogP contribution in [0.3, 0.4) is 0 Å². The van der Waals surface area contributed by atoms with Crippen LogP contribution in [0.25, 0.3) is 11.3 Å². The molecule has 2 aromatic heterocycles. The zero-order chi connectivity index (χ0) is 35.0. The van der Waals surface area contributed by atoms with Crippen LogP contribution >= 0.6 is 0 Å². The number of likely N-dealkylation sites (tertiary alicyclic amines) is 1. The van der Waals surface area contributed by atoms with E-state index in [1.54, 1.807) is 18.3 Å². The molecule has 2 bridgehead atoms. The summed E-state index contributed by atoms with van der Waals surface area (Å²) >= 11 is 0. The predicted molar refractivity (Wildman–Crippen MR) is 190 cm³/mol. The quantitative estimate of drug-likeness (QED) is 0.258. The monoisotopic (exact) mass is 684 g/mol. The maximum atomic E-state index is 14.6. The number of aliphatic hydroxyl groups is 1. The fraction of sp³-hybridized carbons (Fsp3) is 0.615. The van der Waals surface area contributed by atoms with Crippen LogP contribution in [-0.4, -0.2) is 81.2 Å². The molecule has 0 spiro atoms. The van der Waals surface area contributed by atoms with Crippen LogP contribution in [0, 0.1) is 24.2 Å². The van der Waals surface area contributed by atoms with Gasteiger partial charge in [-0.15, -0.1) is 0 Å². The Hall–Kier alpha value is -3.99. The zero-order valence-corrected chi connectivity index (χ0v) is 30.0. The van der Waals surface area contributed by atoms with Crippen molar-refractivity contribution in [1.29, 1.82) is 0 Å². The number of methoxy groups -OCH3 is 1. The number of nitrogens with zero attached hydrogens (tertiary/aromatic N) is 6. The molecule has 11 nitrogen and oxygen atoms in total. The number of amides is 2. The van der Waals surface area contributed by atoms with Crippen molar-refractivity contribution in [3.63, 3.8) is 0 Å². The normalized spacial score (nSPS) is 26.5. The average Bonchev–Trinajstić information content (AvgIpc) is 3.62. The molecule has 0 unspecified atom stereocenters. The number of hydrogen-bond donors (Lipinski definition) is 1. The van der Waals surface area contributed by atoms with Crippen molar-refractivity contribution >= 4 is 17.8 Å². The summed E-state index contributed by atoms with van der Waals surface area (Å²) in [4.78, 5) is 40.2. The fourth-order valence-electron chi connectivity index (χ4n) is 8.85. The summed E-state index contributed by atoms with van der Waals surface area (Å²) in [6.07, 6.45) is 14.1. The lowest BCUT2D eigenvalue weighted by atomic mass is 9.51. The van der Waals surface area contributed by atoms with E-state index in [0.29, 0.717) is 51.1 Å². The van der Waals surface area contributed by atoms with Gasteiger partial charge >= 0.3 is 6.09 Å². The standard InChI is InChI=1S/C39H52N6O5/c1-26(2)45-22-30(19-42-45)33-18-35(41-25-40-33)44(36(47)29-5-8-32(9-6-29)50-37(48)43-20-28(21-43)23-46)24-38-11-14-39(15-12-38,16-13-38)31-7-10-34(49-4)27(3)17-31/h7,10,17-19,22,25-26,28-29,32,46H,5-6,8-9,11-16,20-21,23-24H2,1-4H3. The highest BCUT2D eigenvalue weighted by Crippen LogP contribution is 2.58. The van der Waals surface area contributed by atoms with Crippen LogP contribution in [0.1, 0.15) is 95.2 Å². The van der Waals surface area contributed by atoms with E-state index in [4.69, 9.17) is 14.5 Å². The molecule has 3 aromatic rings. The lowest BCUT2D eigenvalue weighted by Crippen LogP contribution is -2.52. The molecule has 0 atom stereocenters. The lowest BCUT2D eigenvalue weighted by Gasteiger charge is -2.55. The van der Waals surface area contributed by atoms with Crippen LogP contribution in [0.2, 0.25) is 0 Å². The van der Waals surface area contributed by atoms with Crippen LogP contribution in [0.15, 0.2) is 43.0 Å². The summed E-state index contributed by atoms with van der Waals surface area (Å²) in [5.74, 6) is 1.66. The van der Waals surface area contributed by atoms with Crippen LogP contribution in [0.5, 0.6) is 5.75 Å². The molecule has 50 heavy (non-hydrogen) atoms. The minimum absolute atomic E-state index is 0.0307. The third-order valence-electron chi connectivity index (χ3n) is 12.3. The van der Waals surface area contributed by atoms with Gasteiger partial charge in [0.25, 0.3) is 0 Å². The van der Waals surface area contributed by atoms with E-state index in [2.05, 4.69) is 49.1 Å². The molecule has 0 radical (unpaired) electrons. The Bertz CT molecular complexity index is 1670. The summed E-state index contributed by atoms with van der Waals surface area (Å²) in [5, 5.41) is 13.8. The first kappa shape index (κ1) is 34.5. The van der Waals surface area contributed by atoms with Gasteiger partial charge in [0.1, 0.15) is 24.0 Å². The fourth-order valence-corrected chi connectivity index (χ4v) is 8.85. The summed E-state index contributed by atoms with van der Waals surface area (Å²) < 4.78 is 13.3. The molecule has 4 saturated carbocycles. The second-order valence-electron chi connectivity index (χ2n) is 15.8. The molecular formula is C39H52N6O5.